The summed E-state index contributed by atoms with van der Waals surface area (Å²) in [6.45, 7) is 10.6. The maximum Gasteiger partial charge on any atom is 0.123 e. The molecular formula is C17H29FN2. The molecule has 0 radical (unpaired) electrons. The molecular weight excluding hydrogens is 251 g/mol. The van der Waals surface area contributed by atoms with Crippen LogP contribution in [0.2, 0.25) is 0 Å². The van der Waals surface area contributed by atoms with Crippen molar-refractivity contribution in [2.75, 3.05) is 13.6 Å². The van der Waals surface area contributed by atoms with Crippen molar-refractivity contribution in [3.63, 3.8) is 0 Å². The number of benzene rings is 1. The number of hydrogen-bond donors (Lipinski definition) is 1. The van der Waals surface area contributed by atoms with Crippen LogP contribution in [-0.4, -0.2) is 30.1 Å². The van der Waals surface area contributed by atoms with Crippen molar-refractivity contribution >= 4 is 0 Å². The molecule has 0 spiro atoms. The first-order valence-corrected chi connectivity index (χ1v) is 7.47. The number of hydrogen-bond acceptors (Lipinski definition) is 2. The van der Waals surface area contributed by atoms with E-state index >= 15 is 0 Å². The van der Waals surface area contributed by atoms with E-state index in [4.69, 9.17) is 0 Å². The second-order valence-corrected chi connectivity index (χ2v) is 6.71. The third kappa shape index (κ3) is 7.01. The van der Waals surface area contributed by atoms with Gasteiger partial charge in [0.1, 0.15) is 5.82 Å². The van der Waals surface area contributed by atoms with Crippen LogP contribution in [0.15, 0.2) is 24.3 Å². The molecule has 1 aromatic rings. The molecule has 1 rings (SSSR count). The molecule has 0 saturated carbocycles. The van der Waals surface area contributed by atoms with E-state index in [1.807, 2.05) is 6.07 Å². The summed E-state index contributed by atoms with van der Waals surface area (Å²) < 4.78 is 13.2. The minimum Gasteiger partial charge on any atom is -0.312 e. The highest BCUT2D eigenvalue weighted by atomic mass is 19.1. The Bertz CT molecular complexity index is 398. The smallest absolute Gasteiger partial charge is 0.123 e. The van der Waals surface area contributed by atoms with Gasteiger partial charge in [0, 0.05) is 18.1 Å². The van der Waals surface area contributed by atoms with Gasteiger partial charge < -0.3 is 5.32 Å². The van der Waals surface area contributed by atoms with Crippen LogP contribution in [0.1, 0.15) is 46.1 Å². The molecule has 0 aliphatic carbocycles. The molecule has 1 aromatic carbocycles. The largest absolute Gasteiger partial charge is 0.312 e. The van der Waals surface area contributed by atoms with E-state index in [0.717, 1.165) is 31.5 Å². The van der Waals surface area contributed by atoms with Crippen molar-refractivity contribution in [3.8, 4) is 0 Å². The molecule has 0 aliphatic rings. The lowest BCUT2D eigenvalue weighted by Gasteiger charge is -2.26. The molecule has 2 nitrogen and oxygen atoms in total. The van der Waals surface area contributed by atoms with Crippen LogP contribution >= 0.6 is 0 Å². The Balaban J connectivity index is 2.30. The van der Waals surface area contributed by atoms with Crippen LogP contribution in [0.4, 0.5) is 4.39 Å². The Morgan fingerprint density at radius 3 is 2.60 bits per heavy atom. The van der Waals surface area contributed by atoms with Crippen molar-refractivity contribution in [2.24, 2.45) is 0 Å². The number of rotatable bonds is 7. The third-order valence-electron chi connectivity index (χ3n) is 3.53. The van der Waals surface area contributed by atoms with Crippen LogP contribution < -0.4 is 5.32 Å². The standard InChI is InChI=1S/C17H29FN2/c1-14(8-7-11-19-17(2,3)4)20(5)13-15-9-6-10-16(18)12-15/h6,9-10,12,14,19H,7-8,11,13H2,1-5H3. The summed E-state index contributed by atoms with van der Waals surface area (Å²) in [5.41, 5.74) is 1.23. The highest BCUT2D eigenvalue weighted by Gasteiger charge is 2.11. The molecule has 1 atom stereocenters. The van der Waals surface area contributed by atoms with Gasteiger partial charge in [0.2, 0.25) is 0 Å². The molecule has 1 N–H and O–H groups in total. The zero-order valence-electron chi connectivity index (χ0n) is 13.5. The van der Waals surface area contributed by atoms with Crippen molar-refractivity contribution in [1.29, 1.82) is 0 Å². The average Bonchev–Trinajstić information content (AvgIpc) is 2.33. The van der Waals surface area contributed by atoms with Gasteiger partial charge in [0.15, 0.2) is 0 Å². The summed E-state index contributed by atoms with van der Waals surface area (Å²) in [4.78, 5) is 2.28. The normalized spacial score (nSPS) is 13.8. The maximum atomic E-state index is 13.2. The Morgan fingerprint density at radius 1 is 1.30 bits per heavy atom. The van der Waals surface area contributed by atoms with E-state index < -0.39 is 0 Å². The van der Waals surface area contributed by atoms with E-state index in [-0.39, 0.29) is 11.4 Å². The molecule has 20 heavy (non-hydrogen) atoms. The molecule has 0 bridgehead atoms. The van der Waals surface area contributed by atoms with E-state index in [0.29, 0.717) is 6.04 Å². The highest BCUT2D eigenvalue weighted by molar-refractivity contribution is 5.16. The van der Waals surface area contributed by atoms with Gasteiger partial charge in [-0.1, -0.05) is 12.1 Å². The van der Waals surface area contributed by atoms with Crippen LogP contribution in [0.3, 0.4) is 0 Å². The number of nitrogens with one attached hydrogen (secondary N) is 1. The molecule has 114 valence electrons. The van der Waals surface area contributed by atoms with Gasteiger partial charge in [0.05, 0.1) is 0 Å². The quantitative estimate of drug-likeness (QED) is 0.764. The number of halogens is 1. The fourth-order valence-corrected chi connectivity index (χ4v) is 2.16. The lowest BCUT2D eigenvalue weighted by atomic mass is 10.1. The molecule has 3 heteroatoms. The second kappa shape index (κ2) is 7.75. The molecule has 0 aliphatic heterocycles. The topological polar surface area (TPSA) is 15.3 Å². The molecule has 1 unspecified atom stereocenters. The average molecular weight is 280 g/mol. The van der Waals surface area contributed by atoms with Gasteiger partial charge in [0.25, 0.3) is 0 Å². The Hall–Kier alpha value is -0.930. The van der Waals surface area contributed by atoms with E-state index in [1.54, 1.807) is 12.1 Å². The first-order chi connectivity index (χ1) is 9.28. The summed E-state index contributed by atoms with van der Waals surface area (Å²) >= 11 is 0. The zero-order chi connectivity index (χ0) is 15.2. The fraction of sp³-hybridized carbons (Fsp3) is 0.647. The lowest BCUT2D eigenvalue weighted by molar-refractivity contribution is 0.232. The summed E-state index contributed by atoms with van der Waals surface area (Å²) in [6, 6.07) is 7.36. The zero-order valence-corrected chi connectivity index (χ0v) is 13.5. The van der Waals surface area contributed by atoms with Crippen molar-refractivity contribution in [1.82, 2.24) is 10.2 Å². The minimum absolute atomic E-state index is 0.155. The minimum atomic E-state index is -0.155. The van der Waals surface area contributed by atoms with Crippen molar-refractivity contribution in [2.45, 2.75) is 58.7 Å². The van der Waals surface area contributed by atoms with Crippen LogP contribution in [-0.2, 0) is 6.54 Å². The van der Waals surface area contributed by atoms with Gasteiger partial charge in [-0.25, -0.2) is 4.39 Å². The van der Waals surface area contributed by atoms with Crippen molar-refractivity contribution < 1.29 is 4.39 Å². The monoisotopic (exact) mass is 280 g/mol. The summed E-state index contributed by atoms with van der Waals surface area (Å²) in [5.74, 6) is -0.155. The summed E-state index contributed by atoms with van der Waals surface area (Å²) in [7, 11) is 2.10. The van der Waals surface area contributed by atoms with Crippen molar-refractivity contribution in [3.05, 3.63) is 35.6 Å². The molecule has 0 fully saturated rings. The Morgan fingerprint density at radius 2 is 2.00 bits per heavy atom. The third-order valence-corrected chi connectivity index (χ3v) is 3.53. The van der Waals surface area contributed by atoms with Crippen LogP contribution in [0.5, 0.6) is 0 Å². The summed E-state index contributed by atoms with van der Waals surface area (Å²) in [6.07, 6.45) is 2.31. The van der Waals surface area contributed by atoms with E-state index in [2.05, 4.69) is 45.0 Å². The Kier molecular flexibility index (Phi) is 6.63. The second-order valence-electron chi connectivity index (χ2n) is 6.71. The predicted octanol–water partition coefficient (Wildman–Crippen LogP) is 3.81. The van der Waals surface area contributed by atoms with Gasteiger partial charge in [-0.2, -0.15) is 0 Å². The molecule has 0 amide bonds. The number of nitrogens with zero attached hydrogens (tertiary/aromatic N) is 1. The fourth-order valence-electron chi connectivity index (χ4n) is 2.16. The first kappa shape index (κ1) is 17.1. The van der Waals surface area contributed by atoms with E-state index in [9.17, 15) is 4.39 Å². The van der Waals surface area contributed by atoms with Gasteiger partial charge in [-0.15, -0.1) is 0 Å². The first-order valence-electron chi connectivity index (χ1n) is 7.47. The predicted molar refractivity (Wildman–Crippen MR) is 84.3 cm³/mol. The molecule has 0 aromatic heterocycles. The lowest BCUT2D eigenvalue weighted by Crippen LogP contribution is -2.37. The summed E-state index contributed by atoms with van der Waals surface area (Å²) in [5, 5.41) is 3.51. The van der Waals surface area contributed by atoms with Crippen LogP contribution in [0.25, 0.3) is 0 Å². The van der Waals surface area contributed by atoms with Gasteiger partial charge in [-0.3, -0.25) is 4.90 Å². The maximum absolute atomic E-state index is 13.2. The Labute approximate surface area is 123 Å². The van der Waals surface area contributed by atoms with Gasteiger partial charge in [-0.05, 0) is 71.8 Å². The van der Waals surface area contributed by atoms with Gasteiger partial charge >= 0.3 is 0 Å². The highest BCUT2D eigenvalue weighted by Crippen LogP contribution is 2.11. The SMILES string of the molecule is CC(CCCNC(C)(C)C)N(C)Cc1cccc(F)c1. The molecule has 0 heterocycles. The molecule has 0 saturated heterocycles. The van der Waals surface area contributed by atoms with E-state index in [1.165, 1.54) is 6.07 Å². The van der Waals surface area contributed by atoms with Crippen LogP contribution in [0, 0.1) is 5.82 Å².